The van der Waals surface area contributed by atoms with Crippen LogP contribution in [0.3, 0.4) is 0 Å². The van der Waals surface area contributed by atoms with Crippen LogP contribution in [0.1, 0.15) is 12.0 Å². The average Bonchev–Trinajstić information content (AvgIpc) is 2.18. The van der Waals surface area contributed by atoms with Crippen LogP contribution in [0.15, 0.2) is 17.6 Å². The molecule has 0 fully saturated rings. The van der Waals surface area contributed by atoms with Crippen LogP contribution >= 0.6 is 11.8 Å². The Kier molecular flexibility index (Phi) is 3.95. The Hall–Kier alpha value is -1.54. The zero-order valence-electron chi connectivity index (χ0n) is 7.65. The minimum atomic E-state index is -0.431. The van der Waals surface area contributed by atoms with Crippen LogP contribution in [0.5, 0.6) is 0 Å². The molecule has 0 radical (unpaired) electrons. The van der Waals surface area contributed by atoms with Gasteiger partial charge in [0.05, 0.1) is 12.0 Å². The molecule has 1 rings (SSSR count). The Labute approximate surface area is 86.3 Å². The molecule has 5 heteroatoms. The summed E-state index contributed by atoms with van der Waals surface area (Å²) >= 11 is 1.46. The molecule has 0 atom stereocenters. The third kappa shape index (κ3) is 3.46. The summed E-state index contributed by atoms with van der Waals surface area (Å²) in [6, 6.07) is 0. The molecule has 72 valence electrons. The number of hydrogen-bond donors (Lipinski definition) is 1. The van der Waals surface area contributed by atoms with Crippen LogP contribution in [-0.4, -0.2) is 22.1 Å². The predicted octanol–water partition coefficient (Wildman–Crippen LogP) is 0.425. The molecule has 0 aliphatic heterocycles. The second-order valence-electron chi connectivity index (χ2n) is 2.40. The maximum atomic E-state index is 10.4. The van der Waals surface area contributed by atoms with Gasteiger partial charge in [0.2, 0.25) is 5.91 Å². The van der Waals surface area contributed by atoms with E-state index in [2.05, 4.69) is 21.8 Å². The van der Waals surface area contributed by atoms with E-state index in [1.807, 2.05) is 6.26 Å². The van der Waals surface area contributed by atoms with Crippen molar-refractivity contribution in [2.75, 3.05) is 6.26 Å². The summed E-state index contributed by atoms with van der Waals surface area (Å²) in [5, 5.41) is 0.699. The SMILES string of the molecule is CSc1ncc(C#CCC(N)=O)cn1. The number of rotatable bonds is 2. The molecule has 0 bridgehead atoms. The number of primary amides is 1. The number of thioether (sulfide) groups is 1. The van der Waals surface area contributed by atoms with E-state index in [0.29, 0.717) is 10.7 Å². The molecule has 1 aromatic rings. The highest BCUT2D eigenvalue weighted by Crippen LogP contribution is 2.05. The lowest BCUT2D eigenvalue weighted by atomic mass is 10.3. The fraction of sp³-hybridized carbons (Fsp3) is 0.222. The summed E-state index contributed by atoms with van der Waals surface area (Å²) in [5.41, 5.74) is 5.61. The van der Waals surface area contributed by atoms with Crippen molar-refractivity contribution >= 4 is 17.7 Å². The Morgan fingerprint density at radius 1 is 1.57 bits per heavy atom. The maximum absolute atomic E-state index is 10.4. The summed E-state index contributed by atoms with van der Waals surface area (Å²) < 4.78 is 0. The molecule has 14 heavy (non-hydrogen) atoms. The van der Waals surface area contributed by atoms with E-state index in [1.54, 1.807) is 12.4 Å². The van der Waals surface area contributed by atoms with Gasteiger partial charge >= 0.3 is 0 Å². The highest BCUT2D eigenvalue weighted by atomic mass is 32.2. The van der Waals surface area contributed by atoms with E-state index in [-0.39, 0.29) is 6.42 Å². The van der Waals surface area contributed by atoms with E-state index >= 15 is 0 Å². The van der Waals surface area contributed by atoms with E-state index < -0.39 is 5.91 Å². The van der Waals surface area contributed by atoms with Gasteiger partial charge in [-0.3, -0.25) is 4.79 Å². The molecule has 0 saturated heterocycles. The van der Waals surface area contributed by atoms with Crippen molar-refractivity contribution in [1.82, 2.24) is 9.97 Å². The first kappa shape index (κ1) is 10.5. The molecule has 0 unspecified atom stereocenters. The smallest absolute Gasteiger partial charge is 0.229 e. The Balaban J connectivity index is 2.66. The lowest BCUT2D eigenvalue weighted by Crippen LogP contribution is -2.08. The van der Waals surface area contributed by atoms with Gasteiger partial charge in [-0.25, -0.2) is 9.97 Å². The second kappa shape index (κ2) is 5.25. The third-order valence-electron chi connectivity index (χ3n) is 1.31. The summed E-state index contributed by atoms with van der Waals surface area (Å²) in [5.74, 6) is 4.94. The van der Waals surface area contributed by atoms with E-state index in [1.165, 1.54) is 11.8 Å². The minimum absolute atomic E-state index is 0.0598. The molecule has 1 aromatic heterocycles. The van der Waals surface area contributed by atoms with Crippen molar-refractivity contribution in [3.05, 3.63) is 18.0 Å². The summed E-state index contributed by atoms with van der Waals surface area (Å²) in [4.78, 5) is 18.4. The first-order chi connectivity index (χ1) is 6.72. The number of amides is 1. The van der Waals surface area contributed by atoms with Crippen molar-refractivity contribution in [2.24, 2.45) is 5.73 Å². The molecule has 2 N–H and O–H groups in total. The van der Waals surface area contributed by atoms with Gasteiger partial charge in [-0.1, -0.05) is 23.6 Å². The van der Waals surface area contributed by atoms with E-state index in [9.17, 15) is 4.79 Å². The zero-order chi connectivity index (χ0) is 10.4. The van der Waals surface area contributed by atoms with E-state index in [0.717, 1.165) is 0 Å². The largest absolute Gasteiger partial charge is 0.369 e. The van der Waals surface area contributed by atoms with Crippen LogP contribution in [0.4, 0.5) is 0 Å². The minimum Gasteiger partial charge on any atom is -0.369 e. The van der Waals surface area contributed by atoms with Gasteiger partial charge in [0.1, 0.15) is 0 Å². The van der Waals surface area contributed by atoms with Crippen LogP contribution in [0.2, 0.25) is 0 Å². The van der Waals surface area contributed by atoms with Crippen molar-refractivity contribution in [3.8, 4) is 11.8 Å². The van der Waals surface area contributed by atoms with Gasteiger partial charge < -0.3 is 5.73 Å². The number of hydrogen-bond acceptors (Lipinski definition) is 4. The summed E-state index contributed by atoms with van der Waals surface area (Å²) in [6.07, 6.45) is 5.19. The van der Waals surface area contributed by atoms with Crippen LogP contribution in [0.25, 0.3) is 0 Å². The molecule has 4 nitrogen and oxygen atoms in total. The predicted molar refractivity (Wildman–Crippen MR) is 54.5 cm³/mol. The number of nitrogens with zero attached hydrogens (tertiary/aromatic N) is 2. The Bertz CT molecular complexity index is 377. The van der Waals surface area contributed by atoms with Gasteiger partial charge in [-0.15, -0.1) is 0 Å². The summed E-state index contributed by atoms with van der Waals surface area (Å²) in [7, 11) is 0. The van der Waals surface area contributed by atoms with Crippen molar-refractivity contribution in [2.45, 2.75) is 11.6 Å². The Morgan fingerprint density at radius 3 is 2.71 bits per heavy atom. The molecule has 0 aliphatic rings. The number of nitrogens with two attached hydrogens (primary N) is 1. The first-order valence-electron chi connectivity index (χ1n) is 3.85. The van der Waals surface area contributed by atoms with Crippen molar-refractivity contribution in [1.29, 1.82) is 0 Å². The Morgan fingerprint density at radius 2 is 2.21 bits per heavy atom. The molecule has 1 amide bonds. The highest BCUT2D eigenvalue weighted by molar-refractivity contribution is 7.98. The molecule has 1 heterocycles. The molecule has 0 aliphatic carbocycles. The summed E-state index contributed by atoms with van der Waals surface area (Å²) in [6.45, 7) is 0. The lowest BCUT2D eigenvalue weighted by molar-refractivity contribution is -0.117. The quantitative estimate of drug-likeness (QED) is 0.433. The molecular formula is C9H9N3OS. The number of aromatic nitrogens is 2. The van der Waals surface area contributed by atoms with Crippen molar-refractivity contribution < 1.29 is 4.79 Å². The van der Waals surface area contributed by atoms with Crippen LogP contribution < -0.4 is 5.73 Å². The van der Waals surface area contributed by atoms with Crippen molar-refractivity contribution in [3.63, 3.8) is 0 Å². The third-order valence-corrected chi connectivity index (χ3v) is 1.88. The zero-order valence-corrected chi connectivity index (χ0v) is 8.47. The van der Waals surface area contributed by atoms with Gasteiger partial charge in [0.25, 0.3) is 0 Å². The monoisotopic (exact) mass is 207 g/mol. The number of carbonyl (C=O) groups is 1. The van der Waals surface area contributed by atoms with Gasteiger partial charge in [-0.05, 0) is 6.26 Å². The van der Waals surface area contributed by atoms with Gasteiger partial charge in [0.15, 0.2) is 5.16 Å². The molecular weight excluding hydrogens is 198 g/mol. The average molecular weight is 207 g/mol. The fourth-order valence-corrected chi connectivity index (χ4v) is 1.04. The van der Waals surface area contributed by atoms with E-state index in [4.69, 9.17) is 5.73 Å². The maximum Gasteiger partial charge on any atom is 0.229 e. The van der Waals surface area contributed by atoms with Gasteiger partial charge in [0, 0.05) is 12.4 Å². The molecule has 0 spiro atoms. The van der Waals surface area contributed by atoms with Gasteiger partial charge in [-0.2, -0.15) is 0 Å². The highest BCUT2D eigenvalue weighted by Gasteiger charge is 1.92. The standard InChI is InChI=1S/C9H9N3OS/c1-14-9-11-5-7(6-12-9)3-2-4-8(10)13/h5-6H,4H2,1H3,(H2,10,13). The second-order valence-corrected chi connectivity index (χ2v) is 3.18. The molecule has 0 saturated carbocycles. The lowest BCUT2D eigenvalue weighted by Gasteiger charge is -1.92. The molecule has 0 aromatic carbocycles. The number of carbonyl (C=O) groups excluding carboxylic acids is 1. The first-order valence-corrected chi connectivity index (χ1v) is 5.08. The normalized spacial score (nSPS) is 8.93. The van der Waals surface area contributed by atoms with Crippen LogP contribution in [0, 0.1) is 11.8 Å². The topological polar surface area (TPSA) is 68.9 Å². The van der Waals surface area contributed by atoms with Crippen LogP contribution in [-0.2, 0) is 4.79 Å². The fourth-order valence-electron chi connectivity index (χ4n) is 0.720.